The molecule has 0 saturated heterocycles. The highest BCUT2D eigenvalue weighted by Gasteiger charge is 2.18. The molecule has 98 valence electrons. The molecule has 1 heterocycles. The minimum absolute atomic E-state index is 0.614. The van der Waals surface area contributed by atoms with Crippen molar-refractivity contribution in [2.45, 2.75) is 34.6 Å². The van der Waals surface area contributed by atoms with Gasteiger partial charge in [-0.2, -0.15) is 5.10 Å². The van der Waals surface area contributed by atoms with E-state index in [1.54, 1.807) is 0 Å². The van der Waals surface area contributed by atoms with Crippen molar-refractivity contribution in [1.82, 2.24) is 9.78 Å². The lowest BCUT2D eigenvalue weighted by Gasteiger charge is -2.28. The molecular formula is C13H26N4. The Bertz CT molecular complexity index is 356. The summed E-state index contributed by atoms with van der Waals surface area (Å²) in [5.74, 6) is 2.29. The average Bonchev–Trinajstić information content (AvgIpc) is 2.38. The lowest BCUT2D eigenvalue weighted by molar-refractivity contribution is 0.539. The van der Waals surface area contributed by atoms with Crippen LogP contribution in [-0.2, 0) is 7.05 Å². The number of nitrogen functional groups attached to an aromatic ring is 1. The average molecular weight is 238 g/mol. The van der Waals surface area contributed by atoms with E-state index >= 15 is 0 Å². The van der Waals surface area contributed by atoms with Gasteiger partial charge in [0, 0.05) is 20.1 Å². The molecule has 1 aromatic rings. The Morgan fingerprint density at radius 1 is 1.18 bits per heavy atom. The third kappa shape index (κ3) is 3.38. The summed E-state index contributed by atoms with van der Waals surface area (Å²) in [7, 11) is 1.96. The van der Waals surface area contributed by atoms with Crippen molar-refractivity contribution >= 4 is 11.5 Å². The smallest absolute Gasteiger partial charge is 0.150 e. The molecule has 0 bridgehead atoms. The van der Waals surface area contributed by atoms with E-state index in [0.29, 0.717) is 11.8 Å². The van der Waals surface area contributed by atoms with Crippen LogP contribution in [-0.4, -0.2) is 22.9 Å². The van der Waals surface area contributed by atoms with E-state index in [-0.39, 0.29) is 0 Å². The molecule has 1 aromatic heterocycles. The quantitative estimate of drug-likeness (QED) is 0.857. The summed E-state index contributed by atoms with van der Waals surface area (Å²) in [5, 5.41) is 4.40. The summed E-state index contributed by atoms with van der Waals surface area (Å²) in [5.41, 5.74) is 7.86. The molecule has 0 spiro atoms. The van der Waals surface area contributed by atoms with Crippen LogP contribution in [0.5, 0.6) is 0 Å². The van der Waals surface area contributed by atoms with E-state index in [1.165, 1.54) is 0 Å². The number of aromatic nitrogens is 2. The van der Waals surface area contributed by atoms with Crippen LogP contribution < -0.4 is 10.6 Å². The number of aryl methyl sites for hydroxylation is 2. The minimum Gasteiger partial charge on any atom is -0.394 e. The summed E-state index contributed by atoms with van der Waals surface area (Å²) in [6.45, 7) is 12.9. The molecule has 2 N–H and O–H groups in total. The molecule has 4 heteroatoms. The molecule has 0 atom stereocenters. The molecule has 1 rings (SSSR count). The summed E-state index contributed by atoms with van der Waals surface area (Å²) < 4.78 is 1.90. The van der Waals surface area contributed by atoms with E-state index in [0.717, 1.165) is 30.3 Å². The Morgan fingerprint density at radius 3 is 1.94 bits per heavy atom. The maximum atomic E-state index is 6.13. The predicted octanol–water partition coefficient (Wildman–Crippen LogP) is 2.43. The highest BCUT2D eigenvalue weighted by Crippen LogP contribution is 2.26. The van der Waals surface area contributed by atoms with Gasteiger partial charge in [0.1, 0.15) is 5.82 Å². The lowest BCUT2D eigenvalue weighted by atomic mass is 10.1. The summed E-state index contributed by atoms with van der Waals surface area (Å²) in [4.78, 5) is 2.35. The standard InChI is InChI=1S/C13H26N4/c1-9(2)7-17(8-10(3)4)13-12(14)11(5)15-16(13)6/h9-10H,7-8,14H2,1-6H3. The summed E-state index contributed by atoms with van der Waals surface area (Å²) >= 11 is 0. The van der Waals surface area contributed by atoms with Gasteiger partial charge in [0.05, 0.1) is 11.4 Å². The van der Waals surface area contributed by atoms with Crippen molar-refractivity contribution in [3.05, 3.63) is 5.69 Å². The van der Waals surface area contributed by atoms with Crippen molar-refractivity contribution in [3.63, 3.8) is 0 Å². The first-order chi connectivity index (χ1) is 7.82. The van der Waals surface area contributed by atoms with Crippen LogP contribution in [0.25, 0.3) is 0 Å². The second-order valence-corrected chi connectivity index (χ2v) is 5.64. The third-order valence-corrected chi connectivity index (χ3v) is 2.71. The van der Waals surface area contributed by atoms with Crippen LogP contribution in [0.15, 0.2) is 0 Å². The fourth-order valence-corrected chi connectivity index (χ4v) is 2.17. The maximum absolute atomic E-state index is 6.13. The number of hydrogen-bond acceptors (Lipinski definition) is 3. The second kappa shape index (κ2) is 5.43. The molecule has 0 aliphatic carbocycles. The Balaban J connectivity index is 3.03. The zero-order chi connectivity index (χ0) is 13.2. The van der Waals surface area contributed by atoms with Gasteiger partial charge in [0.2, 0.25) is 0 Å². The van der Waals surface area contributed by atoms with E-state index in [1.807, 2.05) is 18.7 Å². The van der Waals surface area contributed by atoms with Gasteiger partial charge in [-0.1, -0.05) is 27.7 Å². The van der Waals surface area contributed by atoms with Crippen LogP contribution in [0.2, 0.25) is 0 Å². The maximum Gasteiger partial charge on any atom is 0.150 e. The Kier molecular flexibility index (Phi) is 4.43. The van der Waals surface area contributed by atoms with Crippen molar-refractivity contribution in [3.8, 4) is 0 Å². The number of nitrogens with two attached hydrogens (primary N) is 1. The van der Waals surface area contributed by atoms with E-state index in [4.69, 9.17) is 5.73 Å². The Labute approximate surface area is 105 Å². The Hall–Kier alpha value is -1.19. The van der Waals surface area contributed by atoms with Gasteiger partial charge in [-0.3, -0.25) is 4.68 Å². The van der Waals surface area contributed by atoms with Gasteiger partial charge in [0.15, 0.2) is 0 Å². The van der Waals surface area contributed by atoms with Gasteiger partial charge in [-0.15, -0.1) is 0 Å². The van der Waals surface area contributed by atoms with E-state index in [2.05, 4.69) is 37.7 Å². The summed E-state index contributed by atoms with van der Waals surface area (Å²) in [6, 6.07) is 0. The van der Waals surface area contributed by atoms with Gasteiger partial charge < -0.3 is 10.6 Å². The summed E-state index contributed by atoms with van der Waals surface area (Å²) in [6.07, 6.45) is 0. The fourth-order valence-electron chi connectivity index (χ4n) is 2.17. The molecule has 0 fully saturated rings. The topological polar surface area (TPSA) is 47.1 Å². The van der Waals surface area contributed by atoms with Crippen LogP contribution in [0, 0.1) is 18.8 Å². The van der Waals surface area contributed by atoms with Gasteiger partial charge in [0.25, 0.3) is 0 Å². The van der Waals surface area contributed by atoms with E-state index < -0.39 is 0 Å². The molecule has 4 nitrogen and oxygen atoms in total. The highest BCUT2D eigenvalue weighted by molar-refractivity contribution is 5.66. The first-order valence-corrected chi connectivity index (χ1v) is 6.37. The number of nitrogens with zero attached hydrogens (tertiary/aromatic N) is 3. The molecule has 0 saturated carbocycles. The molecular weight excluding hydrogens is 212 g/mol. The molecule has 0 aliphatic rings. The SMILES string of the molecule is Cc1nn(C)c(N(CC(C)C)CC(C)C)c1N. The zero-order valence-electron chi connectivity index (χ0n) is 12.0. The molecule has 0 radical (unpaired) electrons. The molecule has 0 aliphatic heterocycles. The molecule has 0 unspecified atom stereocenters. The lowest BCUT2D eigenvalue weighted by Crippen LogP contribution is -2.33. The number of anilines is 2. The number of hydrogen-bond donors (Lipinski definition) is 1. The largest absolute Gasteiger partial charge is 0.394 e. The second-order valence-electron chi connectivity index (χ2n) is 5.64. The normalized spacial score (nSPS) is 11.5. The van der Waals surface area contributed by atoms with Gasteiger partial charge in [-0.05, 0) is 18.8 Å². The van der Waals surface area contributed by atoms with Crippen molar-refractivity contribution in [2.24, 2.45) is 18.9 Å². The number of rotatable bonds is 5. The van der Waals surface area contributed by atoms with E-state index in [9.17, 15) is 0 Å². The van der Waals surface area contributed by atoms with Crippen LogP contribution in [0.1, 0.15) is 33.4 Å². The third-order valence-electron chi connectivity index (χ3n) is 2.71. The fraction of sp³-hybridized carbons (Fsp3) is 0.769. The van der Waals surface area contributed by atoms with Crippen LogP contribution >= 0.6 is 0 Å². The van der Waals surface area contributed by atoms with Crippen LogP contribution in [0.3, 0.4) is 0 Å². The minimum atomic E-state index is 0.614. The van der Waals surface area contributed by atoms with Crippen molar-refractivity contribution < 1.29 is 0 Å². The highest BCUT2D eigenvalue weighted by atomic mass is 15.4. The molecule has 0 aromatic carbocycles. The van der Waals surface area contributed by atoms with Crippen molar-refractivity contribution in [2.75, 3.05) is 23.7 Å². The van der Waals surface area contributed by atoms with Crippen molar-refractivity contribution in [1.29, 1.82) is 0 Å². The first kappa shape index (κ1) is 13.9. The molecule has 17 heavy (non-hydrogen) atoms. The van der Waals surface area contributed by atoms with Gasteiger partial charge >= 0.3 is 0 Å². The monoisotopic (exact) mass is 238 g/mol. The van der Waals surface area contributed by atoms with Crippen LogP contribution in [0.4, 0.5) is 11.5 Å². The molecule has 0 amide bonds. The zero-order valence-corrected chi connectivity index (χ0v) is 12.0. The predicted molar refractivity (Wildman–Crippen MR) is 74.2 cm³/mol. The first-order valence-electron chi connectivity index (χ1n) is 6.37. The Morgan fingerprint density at radius 2 is 1.65 bits per heavy atom. The van der Waals surface area contributed by atoms with Gasteiger partial charge in [-0.25, -0.2) is 0 Å².